The predicted molar refractivity (Wildman–Crippen MR) is 83.4 cm³/mol. The summed E-state index contributed by atoms with van der Waals surface area (Å²) in [5.41, 5.74) is 3.18. The van der Waals surface area contributed by atoms with Gasteiger partial charge >= 0.3 is 5.69 Å². The van der Waals surface area contributed by atoms with Crippen molar-refractivity contribution in [2.45, 2.75) is 25.4 Å². The minimum Gasteiger partial charge on any atom is -0.388 e. The van der Waals surface area contributed by atoms with Gasteiger partial charge in [0.1, 0.15) is 0 Å². The quantitative estimate of drug-likeness (QED) is 0.688. The number of aromatic amines is 2. The smallest absolute Gasteiger partial charge is 0.323 e. The van der Waals surface area contributed by atoms with E-state index in [1.54, 1.807) is 0 Å². The molecule has 3 N–H and O–H groups in total. The summed E-state index contributed by atoms with van der Waals surface area (Å²) in [4.78, 5) is 16.7. The number of aromatic nitrogens is 2. The number of fused-ring (bicyclic) bond motifs is 1. The normalized spacial score (nSPS) is 14.2. The molecule has 0 radical (unpaired) electrons. The monoisotopic (exact) mass is 282 g/mol. The summed E-state index contributed by atoms with van der Waals surface area (Å²) in [7, 11) is 0. The van der Waals surface area contributed by atoms with Crippen LogP contribution in [-0.4, -0.2) is 15.1 Å². The van der Waals surface area contributed by atoms with Crippen LogP contribution in [0.15, 0.2) is 53.3 Å². The lowest BCUT2D eigenvalue weighted by molar-refractivity contribution is 0.142. The van der Waals surface area contributed by atoms with Gasteiger partial charge < -0.3 is 15.1 Å². The highest BCUT2D eigenvalue weighted by Crippen LogP contribution is 2.34. The number of aliphatic hydroxyl groups excluding tert-OH is 1. The molecule has 0 aliphatic heterocycles. The Hall–Kier alpha value is -2.33. The van der Waals surface area contributed by atoms with Gasteiger partial charge in [0.15, 0.2) is 0 Å². The second kappa shape index (κ2) is 5.58. The Balaban J connectivity index is 1.97. The molecule has 0 amide bonds. The molecule has 2 aromatic carbocycles. The third-order valence-corrected chi connectivity index (χ3v) is 3.93. The van der Waals surface area contributed by atoms with E-state index < -0.39 is 6.10 Å². The number of benzene rings is 2. The van der Waals surface area contributed by atoms with Gasteiger partial charge in [-0.25, -0.2) is 4.79 Å². The average Bonchev–Trinajstić information content (AvgIpc) is 2.88. The van der Waals surface area contributed by atoms with Gasteiger partial charge in [-0.15, -0.1) is 0 Å². The topological polar surface area (TPSA) is 68.9 Å². The number of H-pyrrole nitrogens is 2. The number of rotatable bonds is 4. The van der Waals surface area contributed by atoms with Crippen molar-refractivity contribution in [2.24, 2.45) is 0 Å². The van der Waals surface area contributed by atoms with Crippen molar-refractivity contribution in [2.75, 3.05) is 0 Å². The van der Waals surface area contributed by atoms with E-state index in [1.165, 1.54) is 0 Å². The van der Waals surface area contributed by atoms with Crippen molar-refractivity contribution in [3.8, 4) is 0 Å². The lowest BCUT2D eigenvalue weighted by atomic mass is 9.87. The van der Waals surface area contributed by atoms with Crippen LogP contribution >= 0.6 is 0 Å². The molecule has 21 heavy (non-hydrogen) atoms. The van der Waals surface area contributed by atoms with Crippen LogP contribution in [0.2, 0.25) is 0 Å². The molecule has 2 unspecified atom stereocenters. The SMILES string of the molecule is CCC(c1ccccc1)C(O)c1ccc2[nH]c(=O)[nH]c2c1. The molecule has 1 heterocycles. The zero-order valence-electron chi connectivity index (χ0n) is 11.8. The van der Waals surface area contributed by atoms with Crippen LogP contribution in [0.4, 0.5) is 0 Å². The standard InChI is InChI=1S/C17H18N2O2/c1-2-13(11-6-4-3-5-7-11)16(20)12-8-9-14-15(10-12)19-17(21)18-14/h3-10,13,16,20H,2H2,1H3,(H2,18,19,21). The van der Waals surface area contributed by atoms with Crippen LogP contribution in [-0.2, 0) is 0 Å². The summed E-state index contributed by atoms with van der Waals surface area (Å²) >= 11 is 0. The van der Waals surface area contributed by atoms with Crippen molar-refractivity contribution in [1.29, 1.82) is 0 Å². The number of aliphatic hydroxyl groups is 1. The molecule has 4 heteroatoms. The van der Waals surface area contributed by atoms with E-state index in [9.17, 15) is 9.90 Å². The summed E-state index contributed by atoms with van der Waals surface area (Å²) in [6.07, 6.45) is 0.243. The Morgan fingerprint density at radius 1 is 1.00 bits per heavy atom. The molecule has 0 aliphatic rings. The van der Waals surface area contributed by atoms with Crippen molar-refractivity contribution in [3.05, 3.63) is 70.1 Å². The number of hydrogen-bond acceptors (Lipinski definition) is 2. The van der Waals surface area contributed by atoms with Crippen molar-refractivity contribution in [3.63, 3.8) is 0 Å². The second-order valence-electron chi connectivity index (χ2n) is 5.25. The summed E-state index contributed by atoms with van der Waals surface area (Å²) in [6, 6.07) is 15.5. The van der Waals surface area contributed by atoms with Gasteiger partial charge in [-0.1, -0.05) is 43.3 Å². The van der Waals surface area contributed by atoms with Crippen molar-refractivity contribution in [1.82, 2.24) is 9.97 Å². The highest BCUT2D eigenvalue weighted by molar-refractivity contribution is 5.75. The summed E-state index contributed by atoms with van der Waals surface area (Å²) in [5, 5.41) is 10.7. The lowest BCUT2D eigenvalue weighted by Gasteiger charge is -2.22. The zero-order chi connectivity index (χ0) is 14.8. The summed E-state index contributed by atoms with van der Waals surface area (Å²) < 4.78 is 0. The highest BCUT2D eigenvalue weighted by Gasteiger charge is 2.21. The zero-order valence-corrected chi connectivity index (χ0v) is 11.8. The van der Waals surface area contributed by atoms with Crippen LogP contribution in [0.1, 0.15) is 36.5 Å². The Morgan fingerprint density at radius 2 is 1.71 bits per heavy atom. The Morgan fingerprint density at radius 3 is 2.43 bits per heavy atom. The third-order valence-electron chi connectivity index (χ3n) is 3.93. The molecular weight excluding hydrogens is 264 g/mol. The average molecular weight is 282 g/mol. The molecule has 2 atom stereocenters. The maximum Gasteiger partial charge on any atom is 0.323 e. The van der Waals surface area contributed by atoms with Gasteiger partial charge in [-0.05, 0) is 29.7 Å². The fraction of sp³-hybridized carbons (Fsp3) is 0.235. The molecule has 3 rings (SSSR count). The number of nitrogens with one attached hydrogen (secondary N) is 2. The molecule has 3 aromatic rings. The molecule has 108 valence electrons. The summed E-state index contributed by atoms with van der Waals surface area (Å²) in [6.45, 7) is 2.07. The van der Waals surface area contributed by atoms with Gasteiger partial charge in [0.25, 0.3) is 0 Å². The Bertz CT molecular complexity index is 789. The van der Waals surface area contributed by atoms with Crippen LogP contribution in [0.25, 0.3) is 11.0 Å². The number of imidazole rings is 1. The van der Waals surface area contributed by atoms with E-state index in [4.69, 9.17) is 0 Å². The van der Waals surface area contributed by atoms with E-state index in [1.807, 2.05) is 48.5 Å². The maximum absolute atomic E-state index is 11.3. The van der Waals surface area contributed by atoms with Gasteiger partial charge in [0.05, 0.1) is 17.1 Å². The van der Waals surface area contributed by atoms with Gasteiger partial charge in [0.2, 0.25) is 0 Å². The van der Waals surface area contributed by atoms with Crippen LogP contribution < -0.4 is 5.69 Å². The van der Waals surface area contributed by atoms with Crippen LogP contribution in [0.3, 0.4) is 0 Å². The minimum absolute atomic E-state index is 0.0364. The Kier molecular flexibility index (Phi) is 3.62. The molecule has 0 aliphatic carbocycles. The minimum atomic E-state index is -0.597. The molecule has 1 aromatic heterocycles. The van der Waals surface area contributed by atoms with Crippen molar-refractivity contribution < 1.29 is 5.11 Å². The van der Waals surface area contributed by atoms with E-state index in [0.29, 0.717) is 0 Å². The maximum atomic E-state index is 11.3. The van der Waals surface area contributed by atoms with E-state index >= 15 is 0 Å². The van der Waals surface area contributed by atoms with E-state index in [2.05, 4.69) is 16.9 Å². The fourth-order valence-corrected chi connectivity index (χ4v) is 2.81. The molecule has 0 bridgehead atoms. The first kappa shape index (κ1) is 13.6. The van der Waals surface area contributed by atoms with Crippen LogP contribution in [0.5, 0.6) is 0 Å². The summed E-state index contributed by atoms with van der Waals surface area (Å²) in [5.74, 6) is 0.0364. The van der Waals surface area contributed by atoms with Crippen molar-refractivity contribution >= 4 is 11.0 Å². The molecular formula is C17H18N2O2. The van der Waals surface area contributed by atoms with E-state index in [0.717, 1.165) is 28.6 Å². The molecule has 0 fully saturated rings. The molecule has 0 spiro atoms. The second-order valence-corrected chi connectivity index (χ2v) is 5.25. The highest BCUT2D eigenvalue weighted by atomic mass is 16.3. The van der Waals surface area contributed by atoms with E-state index in [-0.39, 0.29) is 11.6 Å². The molecule has 0 saturated heterocycles. The van der Waals surface area contributed by atoms with Gasteiger partial charge in [0, 0.05) is 5.92 Å². The molecule has 4 nitrogen and oxygen atoms in total. The molecule has 0 saturated carbocycles. The first-order valence-electron chi connectivity index (χ1n) is 7.14. The first-order valence-corrected chi connectivity index (χ1v) is 7.14. The predicted octanol–water partition coefficient (Wildman–Crippen LogP) is 3.08. The first-order chi connectivity index (χ1) is 10.2. The number of hydrogen-bond donors (Lipinski definition) is 3. The fourth-order valence-electron chi connectivity index (χ4n) is 2.81. The van der Waals surface area contributed by atoms with Gasteiger partial charge in [-0.2, -0.15) is 0 Å². The lowest BCUT2D eigenvalue weighted by Crippen LogP contribution is -2.10. The Labute approximate surface area is 122 Å². The van der Waals surface area contributed by atoms with Crippen LogP contribution in [0, 0.1) is 0 Å². The third kappa shape index (κ3) is 2.62. The largest absolute Gasteiger partial charge is 0.388 e. The van der Waals surface area contributed by atoms with Gasteiger partial charge in [-0.3, -0.25) is 0 Å².